The van der Waals surface area contributed by atoms with Crippen LogP contribution >= 0.6 is 15.9 Å². The van der Waals surface area contributed by atoms with Crippen LogP contribution in [0.25, 0.3) is 0 Å². The first-order valence-electron chi connectivity index (χ1n) is 4.97. The Balaban J connectivity index is 2.31. The number of halogens is 1. The van der Waals surface area contributed by atoms with Crippen molar-refractivity contribution in [1.29, 1.82) is 0 Å². The first-order valence-corrected chi connectivity index (χ1v) is 7.25. The number of rotatable bonds is 3. The molecule has 4 nitrogen and oxygen atoms in total. The molecule has 16 heavy (non-hydrogen) atoms. The van der Waals surface area contributed by atoms with Gasteiger partial charge < -0.3 is 5.73 Å². The van der Waals surface area contributed by atoms with E-state index in [2.05, 4.69) is 20.7 Å². The summed E-state index contributed by atoms with van der Waals surface area (Å²) in [7, 11) is -3.49. The predicted molar refractivity (Wildman–Crippen MR) is 66.4 cm³/mol. The zero-order chi connectivity index (χ0) is 11.9. The summed E-state index contributed by atoms with van der Waals surface area (Å²) >= 11 is 3.23. The molecule has 1 aliphatic carbocycles. The zero-order valence-corrected chi connectivity index (χ0v) is 11.2. The molecule has 0 aliphatic heterocycles. The van der Waals surface area contributed by atoms with Gasteiger partial charge >= 0.3 is 0 Å². The van der Waals surface area contributed by atoms with Gasteiger partial charge in [-0.05, 0) is 30.5 Å². The molecular formula is C10H13BrN2O2S. The number of benzene rings is 1. The van der Waals surface area contributed by atoms with E-state index >= 15 is 0 Å². The third kappa shape index (κ3) is 2.39. The van der Waals surface area contributed by atoms with Gasteiger partial charge in [-0.2, -0.15) is 0 Å². The van der Waals surface area contributed by atoms with E-state index in [1.165, 1.54) is 6.07 Å². The summed E-state index contributed by atoms with van der Waals surface area (Å²) < 4.78 is 27.3. The van der Waals surface area contributed by atoms with Gasteiger partial charge in [0.15, 0.2) is 0 Å². The third-order valence-corrected chi connectivity index (χ3v) is 4.72. The molecule has 0 amide bonds. The molecule has 0 bridgehead atoms. The quantitative estimate of drug-likeness (QED) is 0.835. The molecule has 1 saturated carbocycles. The van der Waals surface area contributed by atoms with Crippen molar-refractivity contribution in [2.24, 2.45) is 5.92 Å². The van der Waals surface area contributed by atoms with Crippen LogP contribution in [0.4, 0.5) is 5.69 Å². The Labute approximate surface area is 103 Å². The molecule has 1 aliphatic rings. The monoisotopic (exact) mass is 304 g/mol. The van der Waals surface area contributed by atoms with Crippen molar-refractivity contribution in [3.05, 3.63) is 22.7 Å². The predicted octanol–water partition coefficient (Wildman–Crippen LogP) is 1.72. The number of nitrogen functional groups attached to an aromatic ring is 1. The van der Waals surface area contributed by atoms with E-state index < -0.39 is 10.0 Å². The number of sulfonamides is 1. The van der Waals surface area contributed by atoms with Gasteiger partial charge in [0.1, 0.15) is 4.90 Å². The molecule has 1 fully saturated rings. The van der Waals surface area contributed by atoms with Gasteiger partial charge in [-0.25, -0.2) is 13.1 Å². The lowest BCUT2D eigenvalue weighted by molar-refractivity contribution is 0.578. The van der Waals surface area contributed by atoms with Crippen molar-refractivity contribution in [3.8, 4) is 0 Å². The van der Waals surface area contributed by atoms with Gasteiger partial charge in [-0.15, -0.1) is 0 Å². The fourth-order valence-corrected chi connectivity index (χ4v) is 3.52. The Morgan fingerprint density at radius 1 is 1.50 bits per heavy atom. The first kappa shape index (κ1) is 11.9. The maximum atomic E-state index is 12.0. The first-order chi connectivity index (χ1) is 7.40. The van der Waals surface area contributed by atoms with Crippen LogP contribution in [0.2, 0.25) is 0 Å². The minimum Gasteiger partial charge on any atom is -0.398 e. The highest BCUT2D eigenvalue weighted by Gasteiger charge is 2.36. The molecule has 2 unspecified atom stereocenters. The van der Waals surface area contributed by atoms with Crippen molar-refractivity contribution in [2.75, 3.05) is 5.73 Å². The summed E-state index contributed by atoms with van der Waals surface area (Å²) in [6.07, 6.45) is 0.896. The van der Waals surface area contributed by atoms with E-state index in [4.69, 9.17) is 5.73 Å². The standard InChI is InChI=1S/C10H13BrN2O2S/c1-6-4-9(6)13-16(14,15)10-5-7(11)2-3-8(10)12/h2-3,5-6,9,13H,4,12H2,1H3. The number of nitrogens with one attached hydrogen (secondary N) is 1. The lowest BCUT2D eigenvalue weighted by Crippen LogP contribution is -2.27. The number of nitrogens with two attached hydrogens (primary N) is 1. The zero-order valence-electron chi connectivity index (χ0n) is 8.77. The van der Waals surface area contributed by atoms with Gasteiger partial charge in [-0.3, -0.25) is 0 Å². The SMILES string of the molecule is CC1CC1NS(=O)(=O)c1cc(Br)ccc1N. The van der Waals surface area contributed by atoms with Crippen LogP contribution in [0.3, 0.4) is 0 Å². The second-order valence-corrected chi connectivity index (χ2v) is 6.72. The third-order valence-electron chi connectivity index (χ3n) is 2.68. The Hall–Kier alpha value is -0.590. The second kappa shape index (κ2) is 4.01. The van der Waals surface area contributed by atoms with Crippen LogP contribution < -0.4 is 10.5 Å². The molecule has 0 radical (unpaired) electrons. The van der Waals surface area contributed by atoms with Crippen LogP contribution in [0.1, 0.15) is 13.3 Å². The van der Waals surface area contributed by atoms with E-state index in [9.17, 15) is 8.42 Å². The molecule has 3 N–H and O–H groups in total. The summed E-state index contributed by atoms with van der Waals surface area (Å²) in [5.74, 6) is 0.420. The molecule has 0 aromatic heterocycles. The van der Waals surface area contributed by atoms with Crippen molar-refractivity contribution in [3.63, 3.8) is 0 Å². The number of anilines is 1. The maximum Gasteiger partial charge on any atom is 0.242 e. The molecule has 88 valence electrons. The smallest absolute Gasteiger partial charge is 0.242 e. The normalized spacial score (nSPS) is 24.4. The van der Waals surface area contributed by atoms with Crippen LogP contribution in [-0.2, 0) is 10.0 Å². The van der Waals surface area contributed by atoms with Gasteiger partial charge in [0.05, 0.1) is 5.69 Å². The molecule has 6 heteroatoms. The van der Waals surface area contributed by atoms with E-state index in [0.717, 1.165) is 6.42 Å². The molecular weight excluding hydrogens is 292 g/mol. The molecule has 1 aromatic rings. The van der Waals surface area contributed by atoms with Crippen molar-refractivity contribution in [1.82, 2.24) is 4.72 Å². The Morgan fingerprint density at radius 3 is 2.69 bits per heavy atom. The lowest BCUT2D eigenvalue weighted by Gasteiger charge is -2.08. The average molecular weight is 305 g/mol. The highest BCUT2D eigenvalue weighted by atomic mass is 79.9. The molecule has 2 atom stereocenters. The highest BCUT2D eigenvalue weighted by molar-refractivity contribution is 9.10. The van der Waals surface area contributed by atoms with E-state index in [1.54, 1.807) is 12.1 Å². The largest absolute Gasteiger partial charge is 0.398 e. The summed E-state index contributed by atoms with van der Waals surface area (Å²) in [5, 5.41) is 0. The van der Waals surface area contributed by atoms with Crippen molar-refractivity contribution >= 4 is 31.6 Å². The topological polar surface area (TPSA) is 72.2 Å². The summed E-state index contributed by atoms with van der Waals surface area (Å²) in [6.45, 7) is 2.01. The van der Waals surface area contributed by atoms with Crippen LogP contribution in [-0.4, -0.2) is 14.5 Å². The van der Waals surface area contributed by atoms with E-state index in [-0.39, 0.29) is 16.6 Å². The maximum absolute atomic E-state index is 12.0. The Bertz CT molecular complexity index is 516. The van der Waals surface area contributed by atoms with Gasteiger partial charge in [0.2, 0.25) is 10.0 Å². The van der Waals surface area contributed by atoms with Crippen LogP contribution in [0.5, 0.6) is 0 Å². The lowest BCUT2D eigenvalue weighted by atomic mass is 10.3. The highest BCUT2D eigenvalue weighted by Crippen LogP contribution is 2.32. The molecule has 0 heterocycles. The number of hydrogen-bond donors (Lipinski definition) is 2. The van der Waals surface area contributed by atoms with Crippen molar-refractivity contribution < 1.29 is 8.42 Å². The summed E-state index contributed by atoms with van der Waals surface area (Å²) in [4.78, 5) is 0.140. The van der Waals surface area contributed by atoms with E-state index in [0.29, 0.717) is 10.4 Å². The van der Waals surface area contributed by atoms with Gasteiger partial charge in [0, 0.05) is 10.5 Å². The van der Waals surface area contributed by atoms with Gasteiger partial charge in [0.25, 0.3) is 0 Å². The summed E-state index contributed by atoms with van der Waals surface area (Å²) in [5.41, 5.74) is 5.93. The van der Waals surface area contributed by atoms with Gasteiger partial charge in [-0.1, -0.05) is 22.9 Å². The fraction of sp³-hybridized carbons (Fsp3) is 0.400. The Kier molecular flexibility index (Phi) is 2.98. The van der Waals surface area contributed by atoms with Crippen LogP contribution in [0, 0.1) is 5.92 Å². The molecule has 2 rings (SSSR count). The van der Waals surface area contributed by atoms with E-state index in [1.807, 2.05) is 6.92 Å². The van der Waals surface area contributed by atoms with Crippen molar-refractivity contribution in [2.45, 2.75) is 24.3 Å². The van der Waals surface area contributed by atoms with Crippen LogP contribution in [0.15, 0.2) is 27.6 Å². The minimum absolute atomic E-state index is 0.0587. The molecule has 1 aromatic carbocycles. The fourth-order valence-electron chi connectivity index (χ4n) is 1.49. The molecule has 0 saturated heterocycles. The Morgan fingerprint density at radius 2 is 2.12 bits per heavy atom. The average Bonchev–Trinajstić information content (AvgIpc) is 2.85. The minimum atomic E-state index is -3.49. The second-order valence-electron chi connectivity index (χ2n) is 4.12. The number of hydrogen-bond acceptors (Lipinski definition) is 3. The molecule has 0 spiro atoms. The summed E-state index contributed by atoms with van der Waals surface area (Å²) in [6, 6.07) is 4.87.